The van der Waals surface area contributed by atoms with Crippen molar-refractivity contribution in [3.63, 3.8) is 0 Å². The van der Waals surface area contributed by atoms with Gasteiger partial charge in [0.15, 0.2) is 0 Å². The molecule has 0 aliphatic heterocycles. The Balaban J connectivity index is 1.98. The van der Waals surface area contributed by atoms with Gasteiger partial charge in [-0.25, -0.2) is 0 Å². The van der Waals surface area contributed by atoms with Gasteiger partial charge in [-0.05, 0) is 12.0 Å². The van der Waals surface area contributed by atoms with E-state index in [0.29, 0.717) is 5.92 Å². The van der Waals surface area contributed by atoms with E-state index in [1.165, 1.54) is 69.8 Å². The van der Waals surface area contributed by atoms with Gasteiger partial charge in [-0.1, -0.05) is 101 Å². The molecule has 1 aromatic carbocycles. The molecule has 0 aromatic heterocycles. The number of hydrogen-bond acceptors (Lipinski definition) is 1. The van der Waals surface area contributed by atoms with Gasteiger partial charge in [0.25, 0.3) is 0 Å². The number of benzene rings is 1. The molecular formula is C20H34O. The van der Waals surface area contributed by atoms with Gasteiger partial charge in [-0.2, -0.15) is 0 Å². The molecule has 0 aliphatic carbocycles. The third-order valence-corrected chi connectivity index (χ3v) is 4.40. The largest absolute Gasteiger partial charge is 0.396 e. The van der Waals surface area contributed by atoms with Crippen LogP contribution in [-0.4, -0.2) is 11.7 Å². The zero-order valence-corrected chi connectivity index (χ0v) is 13.9. The molecule has 0 bridgehead atoms. The maximum atomic E-state index is 9.52. The topological polar surface area (TPSA) is 20.2 Å². The molecule has 1 heteroatoms. The molecule has 0 heterocycles. The third kappa shape index (κ3) is 8.93. The lowest BCUT2D eigenvalue weighted by Gasteiger charge is -2.14. The van der Waals surface area contributed by atoms with E-state index in [2.05, 4.69) is 31.2 Å². The predicted octanol–water partition coefficient (Wildman–Crippen LogP) is 6.07. The second kappa shape index (κ2) is 12.9. The van der Waals surface area contributed by atoms with Crippen molar-refractivity contribution in [2.45, 2.75) is 83.5 Å². The van der Waals surface area contributed by atoms with E-state index < -0.39 is 0 Å². The van der Waals surface area contributed by atoms with Gasteiger partial charge in [0, 0.05) is 12.5 Å². The zero-order valence-electron chi connectivity index (χ0n) is 13.9. The SMILES string of the molecule is CCCCCCCCCCCCC(CO)c1ccccc1. The van der Waals surface area contributed by atoms with Gasteiger partial charge in [0.2, 0.25) is 0 Å². The average molecular weight is 290 g/mol. The van der Waals surface area contributed by atoms with Crippen LogP contribution in [0.5, 0.6) is 0 Å². The Morgan fingerprint density at radius 1 is 0.762 bits per heavy atom. The van der Waals surface area contributed by atoms with Crippen LogP contribution >= 0.6 is 0 Å². The normalized spacial score (nSPS) is 12.5. The molecule has 21 heavy (non-hydrogen) atoms. The van der Waals surface area contributed by atoms with Crippen LogP contribution in [0.15, 0.2) is 30.3 Å². The summed E-state index contributed by atoms with van der Waals surface area (Å²) in [6, 6.07) is 10.4. The summed E-state index contributed by atoms with van der Waals surface area (Å²) >= 11 is 0. The fourth-order valence-corrected chi connectivity index (χ4v) is 2.97. The van der Waals surface area contributed by atoms with E-state index in [1.54, 1.807) is 0 Å². The van der Waals surface area contributed by atoms with Gasteiger partial charge < -0.3 is 5.11 Å². The highest BCUT2D eigenvalue weighted by Gasteiger charge is 2.09. The molecule has 1 nitrogen and oxygen atoms in total. The van der Waals surface area contributed by atoms with E-state index in [4.69, 9.17) is 0 Å². The monoisotopic (exact) mass is 290 g/mol. The van der Waals surface area contributed by atoms with Crippen LogP contribution in [0.3, 0.4) is 0 Å². The Morgan fingerprint density at radius 2 is 1.29 bits per heavy atom. The van der Waals surface area contributed by atoms with Crippen LogP contribution in [-0.2, 0) is 0 Å². The Hall–Kier alpha value is -0.820. The van der Waals surface area contributed by atoms with Crippen molar-refractivity contribution < 1.29 is 5.11 Å². The van der Waals surface area contributed by atoms with Crippen molar-refractivity contribution in [3.8, 4) is 0 Å². The van der Waals surface area contributed by atoms with Crippen LogP contribution in [0.4, 0.5) is 0 Å². The molecular weight excluding hydrogens is 256 g/mol. The molecule has 0 spiro atoms. The first-order valence-corrected chi connectivity index (χ1v) is 9.04. The first kappa shape index (κ1) is 18.2. The van der Waals surface area contributed by atoms with Gasteiger partial charge in [-0.3, -0.25) is 0 Å². The molecule has 1 N–H and O–H groups in total. The fraction of sp³-hybridized carbons (Fsp3) is 0.700. The lowest BCUT2D eigenvalue weighted by Crippen LogP contribution is -2.03. The summed E-state index contributed by atoms with van der Waals surface area (Å²) in [6.07, 6.45) is 14.9. The van der Waals surface area contributed by atoms with Gasteiger partial charge in [-0.15, -0.1) is 0 Å². The van der Waals surface area contributed by atoms with E-state index in [1.807, 2.05) is 6.07 Å². The van der Waals surface area contributed by atoms with Crippen molar-refractivity contribution >= 4 is 0 Å². The summed E-state index contributed by atoms with van der Waals surface area (Å²) in [7, 11) is 0. The average Bonchev–Trinajstić information content (AvgIpc) is 2.54. The second-order valence-electron chi connectivity index (χ2n) is 6.26. The molecule has 1 rings (SSSR count). The first-order valence-electron chi connectivity index (χ1n) is 9.04. The van der Waals surface area contributed by atoms with E-state index >= 15 is 0 Å². The number of aliphatic hydroxyl groups excluding tert-OH is 1. The Morgan fingerprint density at radius 3 is 1.81 bits per heavy atom. The minimum Gasteiger partial charge on any atom is -0.396 e. The van der Waals surface area contributed by atoms with Gasteiger partial charge in [0.05, 0.1) is 0 Å². The third-order valence-electron chi connectivity index (χ3n) is 4.40. The first-order chi connectivity index (χ1) is 10.4. The predicted molar refractivity (Wildman–Crippen MR) is 92.7 cm³/mol. The quantitative estimate of drug-likeness (QED) is 0.437. The minimum atomic E-state index is 0.279. The smallest absolute Gasteiger partial charge is 0.0499 e. The molecule has 1 unspecified atom stereocenters. The molecule has 1 aromatic rings. The molecule has 0 fully saturated rings. The van der Waals surface area contributed by atoms with Crippen molar-refractivity contribution in [1.29, 1.82) is 0 Å². The lowest BCUT2D eigenvalue weighted by molar-refractivity contribution is 0.256. The Kier molecular flexibility index (Phi) is 11.2. The molecule has 120 valence electrons. The van der Waals surface area contributed by atoms with E-state index in [0.717, 1.165) is 6.42 Å². The zero-order chi connectivity index (χ0) is 15.2. The maximum absolute atomic E-state index is 9.52. The lowest BCUT2D eigenvalue weighted by atomic mass is 9.93. The highest BCUT2D eigenvalue weighted by Crippen LogP contribution is 2.22. The van der Waals surface area contributed by atoms with Crippen LogP contribution in [0.2, 0.25) is 0 Å². The van der Waals surface area contributed by atoms with Crippen molar-refractivity contribution in [2.24, 2.45) is 0 Å². The van der Waals surface area contributed by atoms with Gasteiger partial charge in [0.1, 0.15) is 0 Å². The number of unbranched alkanes of at least 4 members (excludes halogenated alkanes) is 9. The van der Waals surface area contributed by atoms with E-state index in [-0.39, 0.29) is 6.61 Å². The van der Waals surface area contributed by atoms with Crippen LogP contribution in [0.1, 0.15) is 89.0 Å². The van der Waals surface area contributed by atoms with E-state index in [9.17, 15) is 5.11 Å². The summed E-state index contributed by atoms with van der Waals surface area (Å²) < 4.78 is 0. The maximum Gasteiger partial charge on any atom is 0.0499 e. The van der Waals surface area contributed by atoms with Crippen molar-refractivity contribution in [2.75, 3.05) is 6.61 Å². The Labute approximate surface area is 131 Å². The van der Waals surface area contributed by atoms with Gasteiger partial charge >= 0.3 is 0 Å². The molecule has 0 saturated carbocycles. The molecule has 1 atom stereocenters. The summed E-state index contributed by atoms with van der Waals surface area (Å²) in [5.41, 5.74) is 1.29. The van der Waals surface area contributed by atoms with Crippen molar-refractivity contribution in [3.05, 3.63) is 35.9 Å². The summed E-state index contributed by atoms with van der Waals surface area (Å²) in [4.78, 5) is 0. The number of rotatable bonds is 13. The molecule has 0 saturated heterocycles. The number of hydrogen-bond donors (Lipinski definition) is 1. The fourth-order valence-electron chi connectivity index (χ4n) is 2.97. The van der Waals surface area contributed by atoms with Crippen LogP contribution in [0, 0.1) is 0 Å². The standard InChI is InChI=1S/C20H34O/c1-2-3-4-5-6-7-8-9-10-12-17-20(18-21)19-15-13-11-14-16-19/h11,13-16,20-21H,2-10,12,17-18H2,1H3. The summed E-state index contributed by atoms with van der Waals surface area (Å²) in [6.45, 7) is 2.55. The Bertz CT molecular complexity index is 320. The highest BCUT2D eigenvalue weighted by atomic mass is 16.3. The minimum absolute atomic E-state index is 0.279. The highest BCUT2D eigenvalue weighted by molar-refractivity contribution is 5.19. The van der Waals surface area contributed by atoms with Crippen LogP contribution in [0.25, 0.3) is 0 Å². The number of aliphatic hydroxyl groups is 1. The molecule has 0 radical (unpaired) electrons. The van der Waals surface area contributed by atoms with Crippen molar-refractivity contribution in [1.82, 2.24) is 0 Å². The summed E-state index contributed by atoms with van der Waals surface area (Å²) in [5, 5.41) is 9.52. The van der Waals surface area contributed by atoms with Crippen LogP contribution < -0.4 is 0 Å². The second-order valence-corrected chi connectivity index (χ2v) is 6.26. The summed E-state index contributed by atoms with van der Waals surface area (Å²) in [5.74, 6) is 0.334. The molecule has 0 aliphatic rings. The molecule has 0 amide bonds.